The number of ether oxygens (including phenoxy) is 1. The average Bonchev–Trinajstić information content (AvgIpc) is 2.86. The Bertz CT molecular complexity index is 438. The van der Waals surface area contributed by atoms with Gasteiger partial charge in [-0.05, 0) is 31.5 Å². The summed E-state index contributed by atoms with van der Waals surface area (Å²) in [4.78, 5) is 5.00. The number of methoxy groups -OCH3 is 1. The quantitative estimate of drug-likeness (QED) is 0.819. The van der Waals surface area contributed by atoms with Gasteiger partial charge < -0.3 is 9.64 Å². The van der Waals surface area contributed by atoms with Gasteiger partial charge in [-0.1, -0.05) is 11.6 Å². The van der Waals surface area contributed by atoms with Crippen molar-refractivity contribution in [3.8, 4) is 5.75 Å². The molecule has 18 heavy (non-hydrogen) atoms. The maximum absolute atomic E-state index is 6.32. The summed E-state index contributed by atoms with van der Waals surface area (Å²) in [6.07, 6.45) is 2.66. The third-order valence-electron chi connectivity index (χ3n) is 4.08. The highest BCUT2D eigenvalue weighted by atomic mass is 35.5. The van der Waals surface area contributed by atoms with E-state index in [-0.39, 0.29) is 0 Å². The van der Waals surface area contributed by atoms with Crippen molar-refractivity contribution in [2.75, 3.05) is 38.2 Å². The van der Waals surface area contributed by atoms with E-state index in [0.717, 1.165) is 36.1 Å². The minimum atomic E-state index is 0.709. The zero-order valence-corrected chi connectivity index (χ0v) is 11.5. The fourth-order valence-corrected chi connectivity index (χ4v) is 3.31. The van der Waals surface area contributed by atoms with E-state index in [1.165, 1.54) is 19.4 Å². The average molecular weight is 267 g/mol. The molecule has 0 spiro atoms. The second kappa shape index (κ2) is 4.98. The number of hydrogen-bond acceptors (Lipinski definition) is 3. The SMILES string of the molecule is COc1ccc(Cl)c(N2CCN3CCCC3C2)c1. The van der Waals surface area contributed by atoms with Gasteiger partial charge in [0.1, 0.15) is 5.75 Å². The molecular weight excluding hydrogens is 248 g/mol. The van der Waals surface area contributed by atoms with Gasteiger partial charge >= 0.3 is 0 Å². The molecule has 2 aliphatic rings. The molecule has 2 heterocycles. The van der Waals surface area contributed by atoms with E-state index < -0.39 is 0 Å². The molecule has 0 amide bonds. The summed E-state index contributed by atoms with van der Waals surface area (Å²) in [5, 5.41) is 0.822. The molecule has 2 aliphatic heterocycles. The fourth-order valence-electron chi connectivity index (χ4n) is 3.07. The second-order valence-electron chi connectivity index (χ2n) is 5.10. The summed E-state index contributed by atoms with van der Waals surface area (Å²) in [7, 11) is 1.70. The number of rotatable bonds is 2. The monoisotopic (exact) mass is 266 g/mol. The molecule has 0 bridgehead atoms. The maximum atomic E-state index is 6.32. The molecule has 3 nitrogen and oxygen atoms in total. The van der Waals surface area contributed by atoms with Gasteiger partial charge in [-0.15, -0.1) is 0 Å². The Morgan fingerprint density at radius 2 is 2.17 bits per heavy atom. The lowest BCUT2D eigenvalue weighted by atomic mass is 10.1. The lowest BCUT2D eigenvalue weighted by Gasteiger charge is -2.39. The summed E-state index contributed by atoms with van der Waals surface area (Å²) in [5.41, 5.74) is 1.11. The predicted octanol–water partition coefficient (Wildman–Crippen LogP) is 2.63. The molecule has 0 N–H and O–H groups in total. The highest BCUT2D eigenvalue weighted by Gasteiger charge is 2.31. The van der Waals surface area contributed by atoms with Crippen LogP contribution < -0.4 is 9.64 Å². The first kappa shape index (κ1) is 12.1. The molecule has 0 aromatic heterocycles. The highest BCUT2D eigenvalue weighted by Crippen LogP contribution is 2.33. The number of anilines is 1. The molecule has 0 saturated carbocycles. The predicted molar refractivity (Wildman–Crippen MR) is 74.8 cm³/mol. The van der Waals surface area contributed by atoms with Crippen molar-refractivity contribution in [3.63, 3.8) is 0 Å². The van der Waals surface area contributed by atoms with Crippen LogP contribution in [0.3, 0.4) is 0 Å². The molecule has 0 aliphatic carbocycles. The van der Waals surface area contributed by atoms with Crippen molar-refractivity contribution in [3.05, 3.63) is 23.2 Å². The van der Waals surface area contributed by atoms with Crippen LogP contribution in [-0.4, -0.2) is 44.2 Å². The first-order valence-corrected chi connectivity index (χ1v) is 6.98. The fraction of sp³-hybridized carbons (Fsp3) is 0.571. The van der Waals surface area contributed by atoms with E-state index in [9.17, 15) is 0 Å². The Kier molecular flexibility index (Phi) is 3.35. The lowest BCUT2D eigenvalue weighted by Crippen LogP contribution is -2.50. The first-order valence-electron chi connectivity index (χ1n) is 6.60. The summed E-state index contributed by atoms with van der Waals surface area (Å²) in [5.74, 6) is 0.878. The van der Waals surface area contributed by atoms with Crippen molar-refractivity contribution in [2.24, 2.45) is 0 Å². The number of hydrogen-bond donors (Lipinski definition) is 0. The standard InChI is InChI=1S/C14H19ClN2O/c1-18-12-4-5-13(15)14(9-12)17-8-7-16-6-2-3-11(16)10-17/h4-5,9,11H,2-3,6-8,10H2,1H3. The maximum Gasteiger partial charge on any atom is 0.121 e. The zero-order valence-electron chi connectivity index (χ0n) is 10.7. The zero-order chi connectivity index (χ0) is 12.5. The van der Waals surface area contributed by atoms with Crippen LogP contribution in [0.5, 0.6) is 5.75 Å². The molecule has 0 radical (unpaired) electrons. The van der Waals surface area contributed by atoms with Crippen LogP contribution in [0.4, 0.5) is 5.69 Å². The topological polar surface area (TPSA) is 15.7 Å². The van der Waals surface area contributed by atoms with Crippen LogP contribution in [0.15, 0.2) is 18.2 Å². The van der Waals surface area contributed by atoms with E-state index in [2.05, 4.69) is 9.80 Å². The Hall–Kier alpha value is -0.930. The number of nitrogens with zero attached hydrogens (tertiary/aromatic N) is 2. The normalized spacial score (nSPS) is 24.1. The molecule has 1 aromatic rings. The van der Waals surface area contributed by atoms with Gasteiger partial charge in [0.2, 0.25) is 0 Å². The van der Waals surface area contributed by atoms with Gasteiger partial charge in [0, 0.05) is 31.7 Å². The van der Waals surface area contributed by atoms with Gasteiger partial charge in [0.15, 0.2) is 0 Å². The van der Waals surface area contributed by atoms with Crippen molar-refractivity contribution >= 4 is 17.3 Å². The minimum absolute atomic E-state index is 0.709. The minimum Gasteiger partial charge on any atom is -0.497 e. The molecule has 1 unspecified atom stereocenters. The lowest BCUT2D eigenvalue weighted by molar-refractivity contribution is 0.231. The van der Waals surface area contributed by atoms with Crippen LogP contribution in [0, 0.1) is 0 Å². The summed E-state index contributed by atoms with van der Waals surface area (Å²) >= 11 is 6.32. The van der Waals surface area contributed by atoms with Gasteiger partial charge in [0.25, 0.3) is 0 Å². The summed E-state index contributed by atoms with van der Waals surface area (Å²) in [6, 6.07) is 6.60. The summed E-state index contributed by atoms with van der Waals surface area (Å²) in [6.45, 7) is 4.57. The third-order valence-corrected chi connectivity index (χ3v) is 4.40. The Balaban J connectivity index is 1.82. The molecular formula is C14H19ClN2O. The van der Waals surface area contributed by atoms with Gasteiger partial charge in [-0.3, -0.25) is 4.90 Å². The number of benzene rings is 1. The van der Waals surface area contributed by atoms with E-state index >= 15 is 0 Å². The molecule has 1 atom stereocenters. The van der Waals surface area contributed by atoms with Crippen molar-refractivity contribution in [2.45, 2.75) is 18.9 Å². The van der Waals surface area contributed by atoms with Crippen molar-refractivity contribution < 1.29 is 4.74 Å². The van der Waals surface area contributed by atoms with Crippen molar-refractivity contribution in [1.29, 1.82) is 0 Å². The van der Waals surface area contributed by atoms with Gasteiger partial charge in [0.05, 0.1) is 17.8 Å². The van der Waals surface area contributed by atoms with Crippen LogP contribution in [-0.2, 0) is 0 Å². The Morgan fingerprint density at radius 1 is 1.28 bits per heavy atom. The van der Waals surface area contributed by atoms with Crippen LogP contribution in [0.25, 0.3) is 0 Å². The van der Waals surface area contributed by atoms with Crippen LogP contribution in [0.1, 0.15) is 12.8 Å². The Labute approximate surface area is 113 Å². The van der Waals surface area contributed by atoms with E-state index in [1.54, 1.807) is 7.11 Å². The van der Waals surface area contributed by atoms with Crippen molar-refractivity contribution in [1.82, 2.24) is 4.90 Å². The number of fused-ring (bicyclic) bond motifs is 1. The Morgan fingerprint density at radius 3 is 3.00 bits per heavy atom. The highest BCUT2D eigenvalue weighted by molar-refractivity contribution is 6.33. The number of halogens is 1. The molecule has 98 valence electrons. The first-order chi connectivity index (χ1) is 8.78. The number of piperazine rings is 1. The smallest absolute Gasteiger partial charge is 0.121 e. The molecule has 3 rings (SSSR count). The van der Waals surface area contributed by atoms with Crippen LogP contribution >= 0.6 is 11.6 Å². The summed E-state index contributed by atoms with van der Waals surface area (Å²) < 4.78 is 5.29. The molecule has 4 heteroatoms. The van der Waals surface area contributed by atoms with E-state index in [0.29, 0.717) is 6.04 Å². The second-order valence-corrected chi connectivity index (χ2v) is 5.50. The third kappa shape index (κ3) is 2.17. The van der Waals surface area contributed by atoms with Crippen LogP contribution in [0.2, 0.25) is 5.02 Å². The molecule has 1 aromatic carbocycles. The van der Waals surface area contributed by atoms with E-state index in [4.69, 9.17) is 16.3 Å². The largest absolute Gasteiger partial charge is 0.497 e. The van der Waals surface area contributed by atoms with E-state index in [1.807, 2.05) is 18.2 Å². The molecule has 2 saturated heterocycles. The van der Waals surface area contributed by atoms with Gasteiger partial charge in [-0.25, -0.2) is 0 Å². The molecule has 2 fully saturated rings. The van der Waals surface area contributed by atoms with Gasteiger partial charge in [-0.2, -0.15) is 0 Å².